The highest BCUT2D eigenvalue weighted by atomic mass is 16.5. The normalized spacial score (nSPS) is 13.1. The summed E-state index contributed by atoms with van der Waals surface area (Å²) in [6.45, 7) is 1.43. The van der Waals surface area contributed by atoms with Crippen LogP contribution in [0, 0.1) is 0 Å². The summed E-state index contributed by atoms with van der Waals surface area (Å²) in [6.07, 6.45) is 2.88. The third kappa shape index (κ3) is 3.50. The molecule has 5 heteroatoms. The Morgan fingerprint density at radius 2 is 2.25 bits per heavy atom. The van der Waals surface area contributed by atoms with E-state index in [1.807, 2.05) is 18.2 Å². The average Bonchev–Trinajstić information content (AvgIpc) is 2.50. The number of carbonyl (C=O) groups excluding carboxylic acids is 2. The maximum Gasteiger partial charge on any atom is 0.305 e. The van der Waals surface area contributed by atoms with Gasteiger partial charge in [-0.2, -0.15) is 0 Å². The van der Waals surface area contributed by atoms with Gasteiger partial charge in [-0.1, -0.05) is 6.07 Å². The van der Waals surface area contributed by atoms with E-state index in [1.165, 1.54) is 7.11 Å². The lowest BCUT2D eigenvalue weighted by atomic mass is 9.97. The molecule has 0 atom stereocenters. The van der Waals surface area contributed by atoms with Crippen molar-refractivity contribution in [3.8, 4) is 0 Å². The fraction of sp³-hybridized carbons (Fsp3) is 0.467. The minimum atomic E-state index is -0.250. The van der Waals surface area contributed by atoms with Crippen molar-refractivity contribution in [3.05, 3.63) is 29.3 Å². The minimum Gasteiger partial charge on any atom is -0.469 e. The summed E-state index contributed by atoms with van der Waals surface area (Å²) in [5, 5.41) is 6.16. The molecule has 0 bridgehead atoms. The van der Waals surface area contributed by atoms with Gasteiger partial charge in [-0.15, -0.1) is 0 Å². The molecular weight excluding hydrogens is 256 g/mol. The number of anilines is 1. The van der Waals surface area contributed by atoms with Crippen molar-refractivity contribution < 1.29 is 14.3 Å². The van der Waals surface area contributed by atoms with Crippen LogP contribution in [0.1, 0.15) is 35.2 Å². The highest BCUT2D eigenvalue weighted by Gasteiger charge is 2.16. The van der Waals surface area contributed by atoms with Gasteiger partial charge in [-0.25, -0.2) is 0 Å². The Morgan fingerprint density at radius 1 is 1.40 bits per heavy atom. The van der Waals surface area contributed by atoms with E-state index in [0.717, 1.165) is 36.2 Å². The highest BCUT2D eigenvalue weighted by Crippen LogP contribution is 2.25. The van der Waals surface area contributed by atoms with E-state index in [2.05, 4.69) is 15.4 Å². The number of methoxy groups -OCH3 is 1. The number of hydrogen-bond donors (Lipinski definition) is 2. The number of rotatable bonds is 5. The summed E-state index contributed by atoms with van der Waals surface area (Å²) in [5.74, 6) is -0.323. The Balaban J connectivity index is 1.91. The number of nitrogens with one attached hydrogen (secondary N) is 2. The van der Waals surface area contributed by atoms with E-state index in [-0.39, 0.29) is 11.9 Å². The maximum absolute atomic E-state index is 12.2. The summed E-state index contributed by atoms with van der Waals surface area (Å²) in [6, 6.07) is 5.74. The highest BCUT2D eigenvalue weighted by molar-refractivity contribution is 5.97. The molecule has 1 aromatic carbocycles. The molecule has 108 valence electrons. The zero-order valence-electron chi connectivity index (χ0n) is 11.7. The molecule has 0 radical (unpaired) electrons. The molecule has 0 unspecified atom stereocenters. The minimum absolute atomic E-state index is 0.0737. The number of hydrogen-bond acceptors (Lipinski definition) is 4. The van der Waals surface area contributed by atoms with Crippen molar-refractivity contribution in [2.75, 3.05) is 25.5 Å². The monoisotopic (exact) mass is 276 g/mol. The van der Waals surface area contributed by atoms with E-state index in [0.29, 0.717) is 19.4 Å². The molecule has 2 rings (SSSR count). The van der Waals surface area contributed by atoms with E-state index in [9.17, 15) is 9.59 Å². The van der Waals surface area contributed by atoms with Gasteiger partial charge < -0.3 is 15.4 Å². The second-order valence-corrected chi connectivity index (χ2v) is 4.80. The molecule has 1 aromatic rings. The zero-order valence-corrected chi connectivity index (χ0v) is 11.7. The van der Waals surface area contributed by atoms with E-state index in [1.54, 1.807) is 0 Å². The molecule has 0 fully saturated rings. The lowest BCUT2D eigenvalue weighted by Crippen LogP contribution is -2.27. The fourth-order valence-electron chi connectivity index (χ4n) is 2.35. The molecule has 2 N–H and O–H groups in total. The lowest BCUT2D eigenvalue weighted by molar-refractivity contribution is -0.140. The van der Waals surface area contributed by atoms with Gasteiger partial charge >= 0.3 is 5.97 Å². The molecule has 0 saturated carbocycles. The standard InChI is InChI=1S/C15H20N2O3/c1-20-14(18)8-4-10-17-15(19)12-5-2-7-13-11(12)6-3-9-16-13/h2,5,7,16H,3-4,6,8-10H2,1H3,(H,17,19). The number of fused-ring (bicyclic) bond motifs is 1. The van der Waals surface area contributed by atoms with Crippen molar-refractivity contribution in [1.29, 1.82) is 0 Å². The van der Waals surface area contributed by atoms with Crippen LogP contribution in [-0.2, 0) is 16.0 Å². The second kappa shape index (κ2) is 6.93. The first-order valence-electron chi connectivity index (χ1n) is 6.93. The molecular formula is C15H20N2O3. The topological polar surface area (TPSA) is 67.4 Å². The molecule has 1 heterocycles. The number of carbonyl (C=O) groups is 2. The summed E-state index contributed by atoms with van der Waals surface area (Å²) < 4.78 is 4.56. The Bertz CT molecular complexity index is 500. The van der Waals surface area contributed by atoms with Crippen molar-refractivity contribution in [3.63, 3.8) is 0 Å². The van der Waals surface area contributed by atoms with Crippen LogP contribution in [0.15, 0.2) is 18.2 Å². The molecule has 0 saturated heterocycles. The molecule has 5 nitrogen and oxygen atoms in total. The Kier molecular flexibility index (Phi) is 4.98. The molecule has 0 aliphatic carbocycles. The number of ether oxygens (including phenoxy) is 1. The van der Waals surface area contributed by atoms with Crippen LogP contribution >= 0.6 is 0 Å². The average molecular weight is 276 g/mol. The molecule has 0 aromatic heterocycles. The van der Waals surface area contributed by atoms with E-state index in [4.69, 9.17) is 0 Å². The van der Waals surface area contributed by atoms with Crippen LogP contribution in [-0.4, -0.2) is 32.1 Å². The van der Waals surface area contributed by atoms with Crippen LogP contribution in [0.25, 0.3) is 0 Å². The summed E-state index contributed by atoms with van der Waals surface area (Å²) in [7, 11) is 1.37. The third-order valence-electron chi connectivity index (χ3n) is 3.41. The van der Waals surface area contributed by atoms with Crippen LogP contribution in [0.4, 0.5) is 5.69 Å². The van der Waals surface area contributed by atoms with Crippen LogP contribution in [0.2, 0.25) is 0 Å². The summed E-state index contributed by atoms with van der Waals surface area (Å²) >= 11 is 0. The Labute approximate surface area is 118 Å². The van der Waals surface area contributed by atoms with Gasteiger partial charge in [-0.3, -0.25) is 9.59 Å². The smallest absolute Gasteiger partial charge is 0.305 e. The van der Waals surface area contributed by atoms with Gasteiger partial charge in [-0.05, 0) is 37.0 Å². The van der Waals surface area contributed by atoms with Crippen molar-refractivity contribution in [2.45, 2.75) is 25.7 Å². The van der Waals surface area contributed by atoms with Crippen LogP contribution in [0.5, 0.6) is 0 Å². The first kappa shape index (κ1) is 14.4. The first-order chi connectivity index (χ1) is 9.72. The van der Waals surface area contributed by atoms with Gasteiger partial charge in [0.05, 0.1) is 7.11 Å². The molecule has 0 spiro atoms. The largest absolute Gasteiger partial charge is 0.469 e. The third-order valence-corrected chi connectivity index (χ3v) is 3.41. The zero-order chi connectivity index (χ0) is 14.4. The predicted molar refractivity (Wildman–Crippen MR) is 76.8 cm³/mol. The molecule has 1 amide bonds. The van der Waals surface area contributed by atoms with Crippen molar-refractivity contribution >= 4 is 17.6 Å². The van der Waals surface area contributed by atoms with Gasteiger partial charge in [0.1, 0.15) is 0 Å². The quantitative estimate of drug-likeness (QED) is 0.635. The van der Waals surface area contributed by atoms with Crippen molar-refractivity contribution in [1.82, 2.24) is 5.32 Å². The summed E-state index contributed by atoms with van der Waals surface area (Å²) in [5.41, 5.74) is 2.87. The number of benzene rings is 1. The predicted octanol–water partition coefficient (Wildman–Crippen LogP) is 1.73. The fourth-order valence-corrected chi connectivity index (χ4v) is 2.35. The van der Waals surface area contributed by atoms with Gasteiger partial charge in [0.25, 0.3) is 5.91 Å². The Morgan fingerprint density at radius 3 is 3.05 bits per heavy atom. The van der Waals surface area contributed by atoms with E-state index >= 15 is 0 Å². The number of amides is 1. The second-order valence-electron chi connectivity index (χ2n) is 4.80. The van der Waals surface area contributed by atoms with Crippen molar-refractivity contribution in [2.24, 2.45) is 0 Å². The maximum atomic E-state index is 12.2. The first-order valence-corrected chi connectivity index (χ1v) is 6.93. The molecule has 20 heavy (non-hydrogen) atoms. The number of esters is 1. The SMILES string of the molecule is COC(=O)CCCNC(=O)c1cccc2c1CCCN2. The molecule has 1 aliphatic rings. The molecule has 1 aliphatic heterocycles. The summed E-state index contributed by atoms with van der Waals surface area (Å²) in [4.78, 5) is 23.2. The Hall–Kier alpha value is -2.04. The van der Waals surface area contributed by atoms with Gasteiger partial charge in [0.2, 0.25) is 0 Å². The lowest BCUT2D eigenvalue weighted by Gasteiger charge is -2.20. The van der Waals surface area contributed by atoms with Gasteiger partial charge in [0.15, 0.2) is 0 Å². The van der Waals surface area contributed by atoms with Crippen LogP contribution in [0.3, 0.4) is 0 Å². The van der Waals surface area contributed by atoms with Crippen LogP contribution < -0.4 is 10.6 Å². The van der Waals surface area contributed by atoms with E-state index < -0.39 is 0 Å². The van der Waals surface area contributed by atoms with Gasteiger partial charge in [0, 0.05) is 30.8 Å².